The Hall–Kier alpha value is -1.08. The summed E-state index contributed by atoms with van der Waals surface area (Å²) in [7, 11) is 0. The summed E-state index contributed by atoms with van der Waals surface area (Å²) in [5.74, 6) is -1.65. The van der Waals surface area contributed by atoms with Crippen molar-refractivity contribution in [3.05, 3.63) is 11.1 Å². The zero-order chi connectivity index (χ0) is 12.1. The Morgan fingerprint density at radius 1 is 1.50 bits per heavy atom. The number of rotatable bonds is 4. The van der Waals surface area contributed by atoms with E-state index in [1.165, 1.54) is 0 Å². The summed E-state index contributed by atoms with van der Waals surface area (Å²) in [6.07, 6.45) is 0. The van der Waals surface area contributed by atoms with E-state index in [1.54, 1.807) is 0 Å². The normalized spacial score (nSPS) is 23.8. The number of aliphatic carboxylic acids is 1. The van der Waals surface area contributed by atoms with Gasteiger partial charge in [-0.15, -0.1) is 0 Å². The molecule has 0 aromatic carbocycles. The Labute approximate surface area is 101 Å². The summed E-state index contributed by atoms with van der Waals surface area (Å²) < 4.78 is 5.65. The maximum Gasteiger partial charge on any atom is 0.315 e. The van der Waals surface area contributed by atoms with Gasteiger partial charge in [0.05, 0.1) is 25.8 Å². The number of ether oxygens (including phenoxy) is 1. The van der Waals surface area contributed by atoms with Crippen LogP contribution in [-0.4, -0.2) is 42.9 Å². The molecule has 1 fully saturated rings. The van der Waals surface area contributed by atoms with Crippen molar-refractivity contribution >= 4 is 27.9 Å². The lowest BCUT2D eigenvalue weighted by atomic mass is 10.0. The highest BCUT2D eigenvalue weighted by Crippen LogP contribution is 2.13. The average molecular weight is 293 g/mol. The summed E-state index contributed by atoms with van der Waals surface area (Å²) in [5.41, 5.74) is 0. The van der Waals surface area contributed by atoms with E-state index < -0.39 is 24.0 Å². The maximum absolute atomic E-state index is 11.3. The minimum atomic E-state index is -0.965. The summed E-state index contributed by atoms with van der Waals surface area (Å²) in [4.78, 5) is 22.1. The monoisotopic (exact) mass is 292 g/mol. The van der Waals surface area contributed by atoms with Crippen LogP contribution in [0.15, 0.2) is 11.1 Å². The fourth-order valence-electron chi connectivity index (χ4n) is 1.34. The van der Waals surface area contributed by atoms with Crippen LogP contribution in [0.25, 0.3) is 0 Å². The number of amides is 2. The van der Waals surface area contributed by atoms with Crippen LogP contribution in [0.5, 0.6) is 0 Å². The largest absolute Gasteiger partial charge is 0.481 e. The molecule has 0 aromatic heterocycles. The van der Waals surface area contributed by atoms with Crippen LogP contribution in [0, 0.1) is 5.92 Å². The van der Waals surface area contributed by atoms with E-state index in [-0.39, 0.29) is 19.8 Å². The number of nitrogens with one attached hydrogen (secondary N) is 2. The molecule has 0 saturated carbocycles. The van der Waals surface area contributed by atoms with Gasteiger partial charge in [0.15, 0.2) is 0 Å². The highest BCUT2D eigenvalue weighted by atomic mass is 79.9. The fourth-order valence-corrected chi connectivity index (χ4v) is 1.48. The number of carbonyl (C=O) groups is 2. The van der Waals surface area contributed by atoms with E-state index in [2.05, 4.69) is 33.1 Å². The highest BCUT2D eigenvalue weighted by Gasteiger charge is 2.34. The van der Waals surface area contributed by atoms with Gasteiger partial charge in [-0.1, -0.05) is 22.5 Å². The first kappa shape index (κ1) is 13.0. The predicted molar refractivity (Wildman–Crippen MR) is 60.3 cm³/mol. The third-order valence-corrected chi connectivity index (χ3v) is 2.44. The second-order valence-electron chi connectivity index (χ2n) is 3.43. The van der Waals surface area contributed by atoms with E-state index in [0.717, 1.165) is 0 Å². The molecule has 6 nitrogen and oxygen atoms in total. The van der Waals surface area contributed by atoms with Gasteiger partial charge in [-0.25, -0.2) is 4.79 Å². The SMILES string of the molecule is C=C(Br)CNC(=O)NC1COCC1C(=O)O. The summed E-state index contributed by atoms with van der Waals surface area (Å²) >= 11 is 3.09. The minimum Gasteiger partial charge on any atom is -0.481 e. The fraction of sp³-hybridized carbons (Fsp3) is 0.556. The molecule has 1 rings (SSSR count). The van der Waals surface area contributed by atoms with E-state index in [9.17, 15) is 9.59 Å². The van der Waals surface area contributed by atoms with Gasteiger partial charge in [-0.2, -0.15) is 0 Å². The van der Waals surface area contributed by atoms with Crippen molar-refractivity contribution in [3.8, 4) is 0 Å². The Kier molecular flexibility index (Phi) is 4.75. The first-order valence-corrected chi connectivity index (χ1v) is 5.48. The van der Waals surface area contributed by atoms with Crippen molar-refractivity contribution in [1.29, 1.82) is 0 Å². The van der Waals surface area contributed by atoms with Gasteiger partial charge in [0, 0.05) is 4.48 Å². The molecule has 0 aromatic rings. The molecular weight excluding hydrogens is 280 g/mol. The first-order valence-electron chi connectivity index (χ1n) is 4.69. The highest BCUT2D eigenvalue weighted by molar-refractivity contribution is 9.11. The second-order valence-corrected chi connectivity index (χ2v) is 4.55. The molecule has 16 heavy (non-hydrogen) atoms. The number of hydrogen-bond donors (Lipinski definition) is 3. The molecule has 1 aliphatic heterocycles. The molecule has 0 aliphatic carbocycles. The van der Waals surface area contributed by atoms with Crippen LogP contribution >= 0.6 is 15.9 Å². The molecule has 2 atom stereocenters. The lowest BCUT2D eigenvalue weighted by Gasteiger charge is -2.15. The van der Waals surface area contributed by atoms with Crippen molar-refractivity contribution in [3.63, 3.8) is 0 Å². The molecule has 7 heteroatoms. The summed E-state index contributed by atoms with van der Waals surface area (Å²) in [6.45, 7) is 4.20. The van der Waals surface area contributed by atoms with Crippen LogP contribution in [0.1, 0.15) is 0 Å². The third kappa shape index (κ3) is 3.82. The van der Waals surface area contributed by atoms with Crippen LogP contribution in [0.4, 0.5) is 4.79 Å². The smallest absolute Gasteiger partial charge is 0.315 e. The Morgan fingerprint density at radius 3 is 2.75 bits per heavy atom. The zero-order valence-electron chi connectivity index (χ0n) is 8.53. The topological polar surface area (TPSA) is 87.7 Å². The number of carbonyl (C=O) groups excluding carboxylic acids is 1. The zero-order valence-corrected chi connectivity index (χ0v) is 10.1. The molecule has 1 heterocycles. The number of carboxylic acid groups (broad SMARTS) is 1. The maximum atomic E-state index is 11.3. The van der Waals surface area contributed by atoms with E-state index in [0.29, 0.717) is 4.48 Å². The van der Waals surface area contributed by atoms with Gasteiger partial charge in [0.2, 0.25) is 0 Å². The van der Waals surface area contributed by atoms with Crippen molar-refractivity contribution in [2.45, 2.75) is 6.04 Å². The van der Waals surface area contributed by atoms with E-state index >= 15 is 0 Å². The molecule has 0 radical (unpaired) electrons. The van der Waals surface area contributed by atoms with Gasteiger partial charge in [-0.05, 0) is 0 Å². The molecule has 0 spiro atoms. The number of hydrogen-bond acceptors (Lipinski definition) is 3. The lowest BCUT2D eigenvalue weighted by Crippen LogP contribution is -2.47. The van der Waals surface area contributed by atoms with Crippen molar-refractivity contribution in [2.24, 2.45) is 5.92 Å². The van der Waals surface area contributed by atoms with Crippen LogP contribution in [0.3, 0.4) is 0 Å². The summed E-state index contributed by atoms with van der Waals surface area (Å²) in [5, 5.41) is 13.9. The Balaban J connectivity index is 2.38. The standard InChI is InChI=1S/C9H13BrN2O4/c1-5(10)2-11-9(15)12-7-4-16-3-6(7)8(13)14/h6-7H,1-4H2,(H,13,14)(H2,11,12,15). The van der Waals surface area contributed by atoms with Gasteiger partial charge in [0.25, 0.3) is 0 Å². The molecule has 1 aliphatic rings. The average Bonchev–Trinajstić information content (AvgIpc) is 2.62. The van der Waals surface area contributed by atoms with Crippen molar-refractivity contribution < 1.29 is 19.4 Å². The predicted octanol–water partition coefficient (Wildman–Crippen LogP) is 0.294. The number of carboxylic acids is 1. The van der Waals surface area contributed by atoms with Crippen molar-refractivity contribution in [2.75, 3.05) is 19.8 Å². The van der Waals surface area contributed by atoms with E-state index in [1.807, 2.05) is 0 Å². The van der Waals surface area contributed by atoms with Crippen molar-refractivity contribution in [1.82, 2.24) is 10.6 Å². The number of halogens is 1. The first-order chi connectivity index (χ1) is 7.50. The van der Waals surface area contributed by atoms with E-state index in [4.69, 9.17) is 9.84 Å². The van der Waals surface area contributed by atoms with Gasteiger partial charge < -0.3 is 20.5 Å². The minimum absolute atomic E-state index is 0.130. The third-order valence-electron chi connectivity index (χ3n) is 2.15. The van der Waals surface area contributed by atoms with Gasteiger partial charge in [0.1, 0.15) is 5.92 Å². The lowest BCUT2D eigenvalue weighted by molar-refractivity contribution is -0.142. The molecule has 1 saturated heterocycles. The molecular formula is C9H13BrN2O4. The molecule has 2 unspecified atom stereocenters. The number of urea groups is 1. The van der Waals surface area contributed by atoms with Crippen LogP contribution in [0.2, 0.25) is 0 Å². The Morgan fingerprint density at radius 2 is 2.19 bits per heavy atom. The molecule has 90 valence electrons. The molecule has 3 N–H and O–H groups in total. The van der Waals surface area contributed by atoms with Gasteiger partial charge in [-0.3, -0.25) is 4.79 Å². The van der Waals surface area contributed by atoms with Crippen LogP contribution in [-0.2, 0) is 9.53 Å². The second kappa shape index (κ2) is 5.86. The Bertz CT molecular complexity index is 308. The quantitative estimate of drug-likeness (QED) is 0.695. The summed E-state index contributed by atoms with van der Waals surface area (Å²) in [6, 6.07) is -0.913. The van der Waals surface area contributed by atoms with Gasteiger partial charge >= 0.3 is 12.0 Å². The van der Waals surface area contributed by atoms with Crippen LogP contribution < -0.4 is 10.6 Å². The molecule has 2 amide bonds. The molecule has 0 bridgehead atoms.